The van der Waals surface area contributed by atoms with Crippen molar-refractivity contribution < 1.29 is 9.53 Å². The van der Waals surface area contributed by atoms with Crippen LogP contribution in [0.25, 0.3) is 0 Å². The van der Waals surface area contributed by atoms with E-state index < -0.39 is 8.32 Å². The summed E-state index contributed by atoms with van der Waals surface area (Å²) >= 11 is 0. The smallest absolute Gasteiger partial charge is 0.192 e. The molecule has 17 heavy (non-hydrogen) atoms. The molecule has 0 aliphatic carbocycles. The van der Waals surface area contributed by atoms with Crippen molar-refractivity contribution >= 4 is 8.32 Å². The first-order valence-electron chi connectivity index (χ1n) is 6.48. The van der Waals surface area contributed by atoms with Gasteiger partial charge in [-0.25, -0.2) is 0 Å². The summed E-state index contributed by atoms with van der Waals surface area (Å²) in [6.07, 6.45) is 1.99. The maximum atomic E-state index is 9.35. The predicted molar refractivity (Wildman–Crippen MR) is 77.7 cm³/mol. The van der Waals surface area contributed by atoms with Gasteiger partial charge in [0.2, 0.25) is 0 Å². The van der Waals surface area contributed by atoms with Gasteiger partial charge in [0.25, 0.3) is 0 Å². The quantitative estimate of drug-likeness (QED) is 0.579. The van der Waals surface area contributed by atoms with Crippen LogP contribution in [0, 0.1) is 11.8 Å². The Morgan fingerprint density at radius 1 is 1.29 bits per heavy atom. The molecule has 0 saturated carbocycles. The normalized spacial score (nSPS) is 18.6. The average Bonchev–Trinajstić information content (AvgIpc) is 2.22. The molecule has 0 saturated heterocycles. The molecule has 0 fully saturated rings. The summed E-state index contributed by atoms with van der Waals surface area (Å²) in [6, 6.07) is 0. The second-order valence-electron chi connectivity index (χ2n) is 6.60. The van der Waals surface area contributed by atoms with Gasteiger partial charge in [0, 0.05) is 12.5 Å². The van der Waals surface area contributed by atoms with E-state index >= 15 is 0 Å². The van der Waals surface area contributed by atoms with Crippen molar-refractivity contribution in [3.8, 4) is 0 Å². The lowest BCUT2D eigenvalue weighted by atomic mass is 9.94. The Morgan fingerprint density at radius 2 is 1.76 bits per heavy atom. The molecule has 0 spiro atoms. The van der Waals surface area contributed by atoms with Crippen LogP contribution in [0.4, 0.5) is 0 Å². The molecule has 0 aliphatic rings. The van der Waals surface area contributed by atoms with Gasteiger partial charge in [-0.15, -0.1) is 6.58 Å². The number of aliphatic hydroxyl groups is 1. The first-order valence-corrected chi connectivity index (χ1v) is 9.39. The van der Waals surface area contributed by atoms with E-state index in [1.165, 1.54) is 0 Å². The van der Waals surface area contributed by atoms with Crippen molar-refractivity contribution in [3.05, 3.63) is 12.7 Å². The highest BCUT2D eigenvalue weighted by Crippen LogP contribution is 2.39. The third kappa shape index (κ3) is 4.57. The van der Waals surface area contributed by atoms with Crippen molar-refractivity contribution in [1.82, 2.24) is 0 Å². The Morgan fingerprint density at radius 3 is 2.06 bits per heavy atom. The van der Waals surface area contributed by atoms with Gasteiger partial charge in [-0.1, -0.05) is 40.7 Å². The van der Waals surface area contributed by atoms with Gasteiger partial charge in [0.05, 0.1) is 6.10 Å². The van der Waals surface area contributed by atoms with Gasteiger partial charge in [-0.05, 0) is 24.1 Å². The highest BCUT2D eigenvalue weighted by Gasteiger charge is 2.40. The summed E-state index contributed by atoms with van der Waals surface area (Å²) in [6.45, 7) is 19.4. The average molecular weight is 258 g/mol. The fraction of sp³-hybridized carbons (Fsp3) is 0.857. The molecular formula is C14H30O2Si. The van der Waals surface area contributed by atoms with E-state index in [2.05, 4.69) is 47.4 Å². The minimum absolute atomic E-state index is 0.0680. The lowest BCUT2D eigenvalue weighted by Gasteiger charge is -2.42. The summed E-state index contributed by atoms with van der Waals surface area (Å²) < 4.78 is 6.42. The fourth-order valence-electron chi connectivity index (χ4n) is 1.50. The molecule has 3 atom stereocenters. The van der Waals surface area contributed by atoms with Crippen molar-refractivity contribution in [2.24, 2.45) is 11.8 Å². The van der Waals surface area contributed by atoms with Gasteiger partial charge in [-0.3, -0.25) is 0 Å². The molecule has 0 aromatic heterocycles. The molecule has 0 rings (SSSR count). The van der Waals surface area contributed by atoms with Gasteiger partial charge in [0.1, 0.15) is 0 Å². The minimum Gasteiger partial charge on any atom is -0.413 e. The second-order valence-corrected chi connectivity index (χ2v) is 11.4. The molecular weight excluding hydrogens is 228 g/mol. The molecule has 0 aromatic carbocycles. The molecule has 3 heteroatoms. The molecule has 0 aliphatic heterocycles. The Labute approximate surface area is 108 Å². The monoisotopic (exact) mass is 258 g/mol. The molecule has 102 valence electrons. The Bertz CT molecular complexity index is 243. The van der Waals surface area contributed by atoms with Crippen LogP contribution in [-0.2, 0) is 4.43 Å². The number of aliphatic hydroxyl groups excluding tert-OH is 1. The van der Waals surface area contributed by atoms with E-state index in [4.69, 9.17) is 4.43 Å². The summed E-state index contributed by atoms with van der Waals surface area (Å²) in [5.74, 6) is 0.420. The zero-order valence-electron chi connectivity index (χ0n) is 12.6. The molecule has 0 unspecified atom stereocenters. The van der Waals surface area contributed by atoms with E-state index in [0.717, 1.165) is 0 Å². The SMILES string of the molecule is C=C[C@H](C)[C@@H](O[Si](C)(C)C(C)(C)C)[C@H](C)CO. The molecule has 1 N–H and O–H groups in total. The van der Waals surface area contributed by atoms with E-state index in [9.17, 15) is 5.11 Å². The van der Waals surface area contributed by atoms with Crippen LogP contribution < -0.4 is 0 Å². The maximum Gasteiger partial charge on any atom is 0.192 e. The fourth-order valence-corrected chi connectivity index (χ4v) is 2.98. The van der Waals surface area contributed by atoms with Crippen molar-refractivity contribution in [1.29, 1.82) is 0 Å². The van der Waals surface area contributed by atoms with E-state index in [1.54, 1.807) is 0 Å². The lowest BCUT2D eigenvalue weighted by molar-refractivity contribution is 0.0600. The molecule has 0 radical (unpaired) electrons. The van der Waals surface area contributed by atoms with E-state index in [0.29, 0.717) is 0 Å². The van der Waals surface area contributed by atoms with Crippen molar-refractivity contribution in [2.75, 3.05) is 6.61 Å². The van der Waals surface area contributed by atoms with Crippen LogP contribution in [0.1, 0.15) is 34.6 Å². The third-order valence-corrected chi connectivity index (χ3v) is 8.45. The largest absolute Gasteiger partial charge is 0.413 e. The summed E-state index contributed by atoms with van der Waals surface area (Å²) in [7, 11) is -1.78. The predicted octanol–water partition coefficient (Wildman–Crippen LogP) is 3.83. The number of hydrogen-bond acceptors (Lipinski definition) is 2. The molecule has 0 aromatic rings. The summed E-state index contributed by atoms with van der Waals surface area (Å²) in [5.41, 5.74) is 0. The van der Waals surface area contributed by atoms with Crippen LogP contribution in [-0.4, -0.2) is 26.1 Å². The van der Waals surface area contributed by atoms with Crippen LogP contribution >= 0.6 is 0 Å². The maximum absolute atomic E-state index is 9.35. The van der Waals surface area contributed by atoms with Crippen LogP contribution in [0.5, 0.6) is 0 Å². The van der Waals surface area contributed by atoms with E-state index in [1.807, 2.05) is 13.0 Å². The third-order valence-electron chi connectivity index (χ3n) is 3.98. The molecule has 0 heterocycles. The van der Waals surface area contributed by atoms with Crippen LogP contribution in [0.3, 0.4) is 0 Å². The highest BCUT2D eigenvalue weighted by molar-refractivity contribution is 6.74. The zero-order valence-corrected chi connectivity index (χ0v) is 13.6. The summed E-state index contributed by atoms with van der Waals surface area (Å²) in [5, 5.41) is 9.55. The number of hydrogen-bond donors (Lipinski definition) is 1. The first-order chi connectivity index (χ1) is 7.56. The van der Waals surface area contributed by atoms with Gasteiger partial charge in [-0.2, -0.15) is 0 Å². The Kier molecular flexibility index (Phi) is 6.12. The van der Waals surface area contributed by atoms with Gasteiger partial charge in [0.15, 0.2) is 8.32 Å². The van der Waals surface area contributed by atoms with Crippen LogP contribution in [0.2, 0.25) is 18.1 Å². The molecule has 0 amide bonds. The first kappa shape index (κ1) is 16.9. The molecule has 0 bridgehead atoms. The van der Waals surface area contributed by atoms with E-state index in [-0.39, 0.29) is 29.6 Å². The second kappa shape index (κ2) is 6.16. The van der Waals surface area contributed by atoms with Gasteiger partial charge < -0.3 is 9.53 Å². The van der Waals surface area contributed by atoms with Crippen LogP contribution in [0.15, 0.2) is 12.7 Å². The summed E-state index contributed by atoms with van der Waals surface area (Å²) in [4.78, 5) is 0. The zero-order chi connectivity index (χ0) is 13.9. The van der Waals surface area contributed by atoms with Gasteiger partial charge >= 0.3 is 0 Å². The highest BCUT2D eigenvalue weighted by atomic mass is 28.4. The number of rotatable bonds is 6. The standard InChI is InChI=1S/C14H30O2Si/c1-9-11(2)13(12(3)10-15)16-17(7,8)14(4,5)6/h9,11-13,15H,1,10H2,2-8H3/t11-,12+,13+/m0/s1. The Balaban J connectivity index is 4.93. The molecule has 2 nitrogen and oxygen atoms in total. The topological polar surface area (TPSA) is 29.5 Å². The van der Waals surface area contributed by atoms with Crippen molar-refractivity contribution in [2.45, 2.75) is 58.9 Å². The minimum atomic E-state index is -1.78. The van der Waals surface area contributed by atoms with Crippen molar-refractivity contribution in [3.63, 3.8) is 0 Å². The lowest BCUT2D eigenvalue weighted by Crippen LogP contribution is -2.47. The Hall–Kier alpha value is -0.123.